The fraction of sp³-hybridized carbons (Fsp3) is 0.286. The van der Waals surface area contributed by atoms with E-state index >= 15 is 0 Å². The van der Waals surface area contributed by atoms with Gasteiger partial charge in [0.05, 0.1) is 22.4 Å². The average molecular weight is 379 g/mol. The third-order valence-corrected chi connectivity index (χ3v) is 4.25. The van der Waals surface area contributed by atoms with Gasteiger partial charge in [-0.15, -0.1) is 0 Å². The molecular formula is C14H14BrCl2NO2. The van der Waals surface area contributed by atoms with Gasteiger partial charge in [0, 0.05) is 17.1 Å². The minimum atomic E-state index is 0.137. The maximum Gasteiger partial charge on any atom is 0.139 e. The lowest BCUT2D eigenvalue weighted by atomic mass is 10.2. The lowest BCUT2D eigenvalue weighted by molar-refractivity contribution is 0.302. The number of halogens is 3. The Bertz CT molecular complexity index is 561. The van der Waals surface area contributed by atoms with Crippen molar-refractivity contribution in [3.8, 4) is 5.75 Å². The quantitative estimate of drug-likeness (QED) is 0.562. The van der Waals surface area contributed by atoms with Crippen LogP contribution in [0.15, 0.2) is 39.4 Å². The van der Waals surface area contributed by atoms with Gasteiger partial charge in [0.25, 0.3) is 0 Å². The Labute approximate surface area is 136 Å². The summed E-state index contributed by atoms with van der Waals surface area (Å²) in [5, 5.41) is 4.40. The fourth-order valence-corrected chi connectivity index (χ4v) is 2.54. The molecule has 1 N–H and O–H groups in total. The van der Waals surface area contributed by atoms with Crippen LogP contribution >= 0.6 is 39.1 Å². The second-order valence-corrected chi connectivity index (χ2v) is 5.91. The third-order valence-electron chi connectivity index (χ3n) is 2.75. The molecule has 0 saturated heterocycles. The number of nitrogens with one attached hydrogen (secondary N) is 1. The highest BCUT2D eigenvalue weighted by Gasteiger charge is 2.09. The monoisotopic (exact) mass is 377 g/mol. The molecule has 0 aliphatic heterocycles. The molecule has 1 aromatic heterocycles. The van der Waals surface area contributed by atoms with Gasteiger partial charge in [-0.3, -0.25) is 0 Å². The first-order valence-electron chi connectivity index (χ1n) is 6.12. The zero-order valence-electron chi connectivity index (χ0n) is 10.8. The van der Waals surface area contributed by atoms with Crippen molar-refractivity contribution in [2.24, 2.45) is 0 Å². The lowest BCUT2D eigenvalue weighted by Gasteiger charge is -2.13. The molecule has 1 heterocycles. The minimum Gasteiger partial charge on any atom is -0.491 e. The largest absolute Gasteiger partial charge is 0.491 e. The van der Waals surface area contributed by atoms with Gasteiger partial charge in [-0.2, -0.15) is 0 Å². The van der Waals surface area contributed by atoms with Crippen molar-refractivity contribution in [1.29, 1.82) is 0 Å². The predicted octanol–water partition coefficient (Wildman–Crippen LogP) is 5.08. The molecule has 0 fully saturated rings. The van der Waals surface area contributed by atoms with E-state index in [1.54, 1.807) is 18.4 Å². The highest BCUT2D eigenvalue weighted by molar-refractivity contribution is 9.10. The zero-order valence-corrected chi connectivity index (χ0v) is 13.9. The summed E-state index contributed by atoms with van der Waals surface area (Å²) in [5.74, 6) is 1.47. The molecular weight excluding hydrogens is 365 g/mol. The highest BCUT2D eigenvalue weighted by Crippen LogP contribution is 2.33. The molecule has 0 aliphatic rings. The van der Waals surface area contributed by atoms with E-state index in [0.717, 1.165) is 10.2 Å². The van der Waals surface area contributed by atoms with Crippen molar-refractivity contribution in [2.75, 3.05) is 13.2 Å². The summed E-state index contributed by atoms with van der Waals surface area (Å²) in [6.07, 6.45) is 1.66. The van der Waals surface area contributed by atoms with Crippen LogP contribution in [0.4, 0.5) is 0 Å². The molecule has 0 aliphatic carbocycles. The summed E-state index contributed by atoms with van der Waals surface area (Å²) in [6, 6.07) is 7.36. The van der Waals surface area contributed by atoms with Gasteiger partial charge in [0.2, 0.25) is 0 Å². The van der Waals surface area contributed by atoms with E-state index in [2.05, 4.69) is 21.2 Å². The van der Waals surface area contributed by atoms with E-state index in [9.17, 15) is 0 Å². The summed E-state index contributed by atoms with van der Waals surface area (Å²) >= 11 is 15.4. The van der Waals surface area contributed by atoms with Crippen LogP contribution in [-0.4, -0.2) is 13.2 Å². The first kappa shape index (κ1) is 15.7. The van der Waals surface area contributed by atoms with Crippen LogP contribution in [0.2, 0.25) is 10.0 Å². The van der Waals surface area contributed by atoms with Crippen LogP contribution in [0.5, 0.6) is 5.75 Å². The summed E-state index contributed by atoms with van der Waals surface area (Å²) in [4.78, 5) is 0. The Morgan fingerprint density at radius 3 is 2.85 bits per heavy atom. The normalized spacial score (nSPS) is 12.4. The van der Waals surface area contributed by atoms with Crippen molar-refractivity contribution >= 4 is 39.1 Å². The average Bonchev–Trinajstić information content (AvgIpc) is 2.94. The molecule has 20 heavy (non-hydrogen) atoms. The molecule has 0 spiro atoms. The molecule has 2 rings (SSSR count). The second-order valence-electron chi connectivity index (χ2n) is 4.24. The van der Waals surface area contributed by atoms with Crippen molar-refractivity contribution in [3.63, 3.8) is 0 Å². The van der Waals surface area contributed by atoms with Gasteiger partial charge >= 0.3 is 0 Å². The van der Waals surface area contributed by atoms with Crippen molar-refractivity contribution in [1.82, 2.24) is 5.32 Å². The van der Waals surface area contributed by atoms with E-state index in [4.69, 9.17) is 32.4 Å². The van der Waals surface area contributed by atoms with E-state index in [-0.39, 0.29) is 6.04 Å². The Kier molecular flexibility index (Phi) is 5.78. The van der Waals surface area contributed by atoms with Crippen molar-refractivity contribution in [2.45, 2.75) is 13.0 Å². The molecule has 3 nitrogen and oxygen atoms in total. The van der Waals surface area contributed by atoms with Crippen molar-refractivity contribution < 1.29 is 9.15 Å². The van der Waals surface area contributed by atoms with Crippen LogP contribution in [0.3, 0.4) is 0 Å². The molecule has 1 aromatic carbocycles. The summed E-state index contributed by atoms with van der Waals surface area (Å²) in [6.45, 7) is 3.19. The number of rotatable bonds is 6. The fourth-order valence-electron chi connectivity index (χ4n) is 1.69. The number of benzene rings is 1. The predicted molar refractivity (Wildman–Crippen MR) is 84.8 cm³/mol. The van der Waals surface area contributed by atoms with Gasteiger partial charge in [0.15, 0.2) is 0 Å². The van der Waals surface area contributed by atoms with E-state index in [1.165, 1.54) is 0 Å². The van der Waals surface area contributed by atoms with Crippen LogP contribution in [0.25, 0.3) is 0 Å². The van der Waals surface area contributed by atoms with E-state index in [0.29, 0.717) is 28.9 Å². The molecule has 0 amide bonds. The van der Waals surface area contributed by atoms with Gasteiger partial charge in [-0.1, -0.05) is 23.2 Å². The minimum absolute atomic E-state index is 0.137. The molecule has 0 bridgehead atoms. The van der Waals surface area contributed by atoms with Gasteiger partial charge in [-0.05, 0) is 41.1 Å². The van der Waals surface area contributed by atoms with Gasteiger partial charge in [-0.25, -0.2) is 0 Å². The standard InChI is InChI=1S/C14H14BrCl2NO2/c1-9(13-3-2-5-19-13)18-4-6-20-14-8-11(16)10(15)7-12(14)17/h2-3,5,7-9,18H,4,6H2,1H3. The lowest BCUT2D eigenvalue weighted by Crippen LogP contribution is -2.24. The van der Waals surface area contributed by atoms with E-state index < -0.39 is 0 Å². The molecule has 1 unspecified atom stereocenters. The van der Waals surface area contributed by atoms with Crippen LogP contribution in [-0.2, 0) is 0 Å². The highest BCUT2D eigenvalue weighted by atomic mass is 79.9. The molecule has 108 valence electrons. The van der Waals surface area contributed by atoms with Gasteiger partial charge in [0.1, 0.15) is 18.1 Å². The maximum atomic E-state index is 6.08. The molecule has 1 atom stereocenters. The van der Waals surface area contributed by atoms with Gasteiger partial charge < -0.3 is 14.5 Å². The first-order valence-corrected chi connectivity index (χ1v) is 7.67. The van der Waals surface area contributed by atoms with Crippen LogP contribution in [0.1, 0.15) is 18.7 Å². The number of furan rings is 1. The number of hydrogen-bond acceptors (Lipinski definition) is 3. The van der Waals surface area contributed by atoms with Crippen molar-refractivity contribution in [3.05, 3.63) is 50.8 Å². The summed E-state index contributed by atoms with van der Waals surface area (Å²) in [5.41, 5.74) is 0. The molecule has 2 aromatic rings. The van der Waals surface area contributed by atoms with E-state index in [1.807, 2.05) is 19.1 Å². The Morgan fingerprint density at radius 1 is 1.35 bits per heavy atom. The molecule has 6 heteroatoms. The number of ether oxygens (including phenoxy) is 1. The van der Waals surface area contributed by atoms with Crippen LogP contribution < -0.4 is 10.1 Å². The topological polar surface area (TPSA) is 34.4 Å². The third kappa shape index (κ3) is 4.16. The second kappa shape index (κ2) is 7.36. The number of hydrogen-bond donors (Lipinski definition) is 1. The Balaban J connectivity index is 1.80. The summed E-state index contributed by atoms with van der Waals surface area (Å²) in [7, 11) is 0. The zero-order chi connectivity index (χ0) is 14.5. The Hall–Kier alpha value is -0.680. The Morgan fingerprint density at radius 2 is 2.15 bits per heavy atom. The maximum absolute atomic E-state index is 6.08. The summed E-state index contributed by atoms with van der Waals surface area (Å²) < 4.78 is 11.7. The molecule has 0 saturated carbocycles. The van der Waals surface area contributed by atoms with Crippen LogP contribution in [0, 0.1) is 0 Å². The smallest absolute Gasteiger partial charge is 0.139 e. The first-order chi connectivity index (χ1) is 9.58. The molecule has 0 radical (unpaired) electrons. The SMILES string of the molecule is CC(NCCOc1cc(Cl)c(Br)cc1Cl)c1ccco1.